The Labute approximate surface area is 174 Å². The van der Waals surface area contributed by atoms with Crippen LogP contribution >= 0.6 is 7.60 Å². The van der Waals surface area contributed by atoms with Crippen LogP contribution in [0.1, 0.15) is 19.0 Å². The molecule has 2 aromatic rings. The number of carbonyl (C=O) groups excluding carboxylic acids is 1. The fourth-order valence-electron chi connectivity index (χ4n) is 2.97. The molecule has 0 radical (unpaired) electrons. The summed E-state index contributed by atoms with van der Waals surface area (Å²) in [6.07, 6.45) is -4.43. The summed E-state index contributed by atoms with van der Waals surface area (Å²) in [4.78, 5) is 42.2. The van der Waals surface area contributed by atoms with Crippen LogP contribution in [0.25, 0.3) is 11.2 Å². The molecule has 1 aliphatic heterocycles. The molecule has 6 N–H and O–H groups in total. The van der Waals surface area contributed by atoms with Gasteiger partial charge in [0, 0.05) is 0 Å². The van der Waals surface area contributed by atoms with Gasteiger partial charge < -0.3 is 39.9 Å². The van der Waals surface area contributed by atoms with E-state index >= 15 is 0 Å². The molecule has 3 heterocycles. The third kappa shape index (κ3) is 4.50. The van der Waals surface area contributed by atoms with Crippen LogP contribution in [0.2, 0.25) is 0 Å². The average molecular weight is 458 g/mol. The predicted octanol–water partition coefficient (Wildman–Crippen LogP) is -2.02. The summed E-state index contributed by atoms with van der Waals surface area (Å²) >= 11 is 0. The van der Waals surface area contributed by atoms with Crippen molar-refractivity contribution in [2.24, 2.45) is 0 Å². The number of aromatic nitrogens is 4. The second-order valence-corrected chi connectivity index (χ2v) is 8.09. The Morgan fingerprint density at radius 1 is 1.42 bits per heavy atom. The van der Waals surface area contributed by atoms with Crippen molar-refractivity contribution in [3.05, 3.63) is 12.2 Å². The van der Waals surface area contributed by atoms with Gasteiger partial charge in [0.2, 0.25) is 5.82 Å². The van der Waals surface area contributed by atoms with Crippen LogP contribution in [0.5, 0.6) is 0 Å². The molecule has 1 saturated heterocycles. The minimum atomic E-state index is -5.04. The maximum Gasteiger partial charge on any atom is 0.365 e. The monoisotopic (exact) mass is 458 g/mol. The number of nitrogens with two attached hydrogens (primary N) is 1. The first kappa shape index (κ1) is 23.0. The Kier molecular flexibility index (Phi) is 6.53. The van der Waals surface area contributed by atoms with Gasteiger partial charge >= 0.3 is 13.6 Å². The molecule has 1 aliphatic rings. The van der Waals surface area contributed by atoms with E-state index in [1.54, 1.807) is 6.07 Å². The lowest BCUT2D eigenvalue weighted by atomic mass is 10.1. The molecule has 3 rings (SSSR count). The van der Waals surface area contributed by atoms with Gasteiger partial charge in [-0.3, -0.25) is 9.13 Å². The van der Waals surface area contributed by atoms with Crippen LogP contribution in [-0.4, -0.2) is 82.9 Å². The van der Waals surface area contributed by atoms with E-state index in [1.807, 2.05) is 0 Å². The standard InChI is InChI=1S/C15H19N6O9P/c1-2-28-14(24)15(31(25,26)27)29-4-6-9(22)10(23)13(30-6)21-5-18-8-11(17)19-7(3-16)20-12(8)21/h5-6,9-10,13,15,22-23H,2,4H2,1H3,(H2,17,19,20)(H2,25,26,27)/t6-,9-,10-,13-,15?/m1/s1. The summed E-state index contributed by atoms with van der Waals surface area (Å²) in [5.74, 6) is -3.83. The van der Waals surface area contributed by atoms with Crippen molar-refractivity contribution in [3.8, 4) is 6.07 Å². The number of aliphatic hydroxyl groups is 2. The number of hydrogen-bond acceptors (Lipinski definition) is 12. The van der Waals surface area contributed by atoms with Gasteiger partial charge in [0.25, 0.3) is 5.85 Å². The van der Waals surface area contributed by atoms with E-state index in [-0.39, 0.29) is 29.4 Å². The maximum atomic E-state index is 11.8. The maximum absolute atomic E-state index is 11.8. The molecule has 0 aliphatic carbocycles. The second-order valence-electron chi connectivity index (χ2n) is 6.44. The smallest absolute Gasteiger partial charge is 0.365 e. The van der Waals surface area contributed by atoms with Crippen molar-refractivity contribution in [2.45, 2.75) is 37.3 Å². The molecule has 0 amide bonds. The van der Waals surface area contributed by atoms with E-state index < -0.39 is 50.6 Å². The number of hydrogen-bond donors (Lipinski definition) is 5. The Hall–Kier alpha value is -2.70. The Morgan fingerprint density at radius 2 is 2.13 bits per heavy atom. The van der Waals surface area contributed by atoms with Crippen molar-refractivity contribution in [3.63, 3.8) is 0 Å². The van der Waals surface area contributed by atoms with Gasteiger partial charge in [-0.15, -0.1) is 0 Å². The fraction of sp³-hybridized carbons (Fsp3) is 0.533. The van der Waals surface area contributed by atoms with Gasteiger partial charge in [-0.2, -0.15) is 15.2 Å². The number of rotatable bonds is 7. The van der Waals surface area contributed by atoms with Crippen molar-refractivity contribution >= 4 is 30.5 Å². The zero-order valence-electron chi connectivity index (χ0n) is 16.0. The van der Waals surface area contributed by atoms with Crippen molar-refractivity contribution in [2.75, 3.05) is 18.9 Å². The van der Waals surface area contributed by atoms with E-state index in [1.165, 1.54) is 17.8 Å². The van der Waals surface area contributed by atoms with Crippen LogP contribution in [0, 0.1) is 11.3 Å². The molecule has 15 nitrogen and oxygen atoms in total. The van der Waals surface area contributed by atoms with Crippen LogP contribution in [-0.2, 0) is 23.6 Å². The zero-order valence-corrected chi connectivity index (χ0v) is 16.9. The van der Waals surface area contributed by atoms with Crippen LogP contribution in [0.4, 0.5) is 5.82 Å². The molecular weight excluding hydrogens is 439 g/mol. The fourth-order valence-corrected chi connectivity index (χ4v) is 3.60. The zero-order chi connectivity index (χ0) is 22.9. The number of fused-ring (bicyclic) bond motifs is 1. The molecule has 0 saturated carbocycles. The molecule has 0 spiro atoms. The predicted molar refractivity (Wildman–Crippen MR) is 98.8 cm³/mol. The lowest BCUT2D eigenvalue weighted by Gasteiger charge is -2.20. The summed E-state index contributed by atoms with van der Waals surface area (Å²) in [5.41, 5.74) is 5.93. The highest BCUT2D eigenvalue weighted by Gasteiger charge is 2.46. The van der Waals surface area contributed by atoms with Gasteiger partial charge in [-0.1, -0.05) is 0 Å². The molecule has 0 aromatic carbocycles. The number of nitriles is 1. The molecule has 16 heteroatoms. The molecule has 5 atom stereocenters. The number of anilines is 1. The molecule has 2 aromatic heterocycles. The molecule has 0 bridgehead atoms. The minimum absolute atomic E-state index is 0.0569. The number of imidazole rings is 1. The van der Waals surface area contributed by atoms with Gasteiger partial charge in [0.15, 0.2) is 17.7 Å². The summed E-state index contributed by atoms with van der Waals surface area (Å²) < 4.78 is 27.9. The molecule has 168 valence electrons. The number of nitrogen functional groups attached to an aromatic ring is 1. The number of carbonyl (C=O) groups is 1. The molecular formula is C15H19N6O9P. The third-order valence-electron chi connectivity index (χ3n) is 4.37. The van der Waals surface area contributed by atoms with Gasteiger partial charge in [0.1, 0.15) is 29.9 Å². The van der Waals surface area contributed by atoms with E-state index in [4.69, 9.17) is 20.5 Å². The summed E-state index contributed by atoms with van der Waals surface area (Å²) in [7, 11) is -5.04. The van der Waals surface area contributed by atoms with Gasteiger partial charge in [0.05, 0.1) is 19.5 Å². The lowest BCUT2D eigenvalue weighted by molar-refractivity contribution is -0.155. The van der Waals surface area contributed by atoms with Crippen LogP contribution in [0.15, 0.2) is 6.33 Å². The summed E-state index contributed by atoms with van der Waals surface area (Å²) in [6, 6.07) is 1.73. The Morgan fingerprint density at radius 3 is 2.74 bits per heavy atom. The third-order valence-corrected chi connectivity index (χ3v) is 5.34. The highest BCUT2D eigenvalue weighted by atomic mass is 31.2. The highest BCUT2D eigenvalue weighted by molar-refractivity contribution is 7.53. The Balaban J connectivity index is 1.81. The minimum Gasteiger partial charge on any atom is -0.464 e. The SMILES string of the molecule is CCOC(=O)C(OC[C@H]1O[C@@H](n2cnc3c(N)nc(C#N)nc32)[C@H](O)[C@@H]1O)P(=O)(O)O. The number of ether oxygens (including phenoxy) is 3. The number of esters is 1. The highest BCUT2D eigenvalue weighted by Crippen LogP contribution is 2.43. The molecule has 1 fully saturated rings. The summed E-state index contributed by atoms with van der Waals surface area (Å²) in [5, 5.41) is 29.7. The quantitative estimate of drug-likeness (QED) is 0.222. The average Bonchev–Trinajstić information content (AvgIpc) is 3.23. The van der Waals surface area contributed by atoms with E-state index in [0.717, 1.165) is 0 Å². The van der Waals surface area contributed by atoms with Crippen molar-refractivity contribution in [1.29, 1.82) is 5.26 Å². The van der Waals surface area contributed by atoms with E-state index in [2.05, 4.69) is 19.7 Å². The first-order chi connectivity index (χ1) is 14.6. The number of nitrogens with zero attached hydrogens (tertiary/aromatic N) is 5. The topological polar surface area (TPSA) is 236 Å². The summed E-state index contributed by atoms with van der Waals surface area (Å²) in [6.45, 7) is 0.658. The lowest BCUT2D eigenvalue weighted by Crippen LogP contribution is -2.36. The van der Waals surface area contributed by atoms with Crippen molar-refractivity contribution < 1.29 is 43.6 Å². The normalized spacial score (nSPS) is 24.8. The first-order valence-electron chi connectivity index (χ1n) is 8.83. The van der Waals surface area contributed by atoms with Crippen LogP contribution < -0.4 is 5.73 Å². The second kappa shape index (κ2) is 8.81. The van der Waals surface area contributed by atoms with E-state index in [0.29, 0.717) is 0 Å². The first-order valence-corrected chi connectivity index (χ1v) is 10.5. The van der Waals surface area contributed by atoms with E-state index in [9.17, 15) is 29.4 Å². The van der Waals surface area contributed by atoms with Gasteiger partial charge in [-0.25, -0.2) is 9.78 Å². The van der Waals surface area contributed by atoms with Crippen LogP contribution in [0.3, 0.4) is 0 Å². The van der Waals surface area contributed by atoms with Crippen molar-refractivity contribution in [1.82, 2.24) is 19.5 Å². The molecule has 31 heavy (non-hydrogen) atoms. The molecule has 1 unspecified atom stereocenters. The Bertz CT molecular complexity index is 1070. The number of aliphatic hydroxyl groups excluding tert-OH is 2. The van der Waals surface area contributed by atoms with Gasteiger partial charge in [-0.05, 0) is 6.92 Å². The largest absolute Gasteiger partial charge is 0.464 e.